The van der Waals surface area contributed by atoms with E-state index in [1.807, 2.05) is 31.7 Å². The van der Waals surface area contributed by atoms with Gasteiger partial charge < -0.3 is 10.6 Å². The summed E-state index contributed by atoms with van der Waals surface area (Å²) in [5.41, 5.74) is 7.04. The lowest BCUT2D eigenvalue weighted by Gasteiger charge is -2.28. The van der Waals surface area contributed by atoms with Crippen LogP contribution in [0.15, 0.2) is 21.8 Å². The number of primary amides is 1. The van der Waals surface area contributed by atoms with Gasteiger partial charge in [0.1, 0.15) is 12.7 Å². The summed E-state index contributed by atoms with van der Waals surface area (Å²) in [5, 5.41) is 0. The van der Waals surface area contributed by atoms with Crippen LogP contribution in [0.5, 0.6) is 0 Å². The van der Waals surface area contributed by atoms with Crippen molar-refractivity contribution >= 4 is 18.0 Å². The first-order chi connectivity index (χ1) is 7.00. The fourth-order valence-electron chi connectivity index (χ4n) is 1.47. The molecule has 15 heavy (non-hydrogen) atoms. The normalized spacial score (nSPS) is 21.5. The van der Waals surface area contributed by atoms with Gasteiger partial charge in [-0.05, 0) is 26.8 Å². The molecule has 1 aliphatic heterocycles. The molecule has 1 rings (SSSR count). The Morgan fingerprint density at radius 1 is 1.73 bits per heavy atom. The van der Waals surface area contributed by atoms with Gasteiger partial charge in [0.2, 0.25) is 5.91 Å². The first-order valence-corrected chi connectivity index (χ1v) is 4.80. The number of amides is 1. The zero-order chi connectivity index (χ0) is 11.4. The van der Waals surface area contributed by atoms with E-state index in [9.17, 15) is 4.79 Å². The largest absolute Gasteiger partial charge is 0.368 e. The maximum Gasteiger partial charge on any atom is 0.239 e. The zero-order valence-corrected chi connectivity index (χ0v) is 9.27. The number of carbonyl (C=O) groups excluding carboxylic acids is 1. The second-order valence-corrected chi connectivity index (χ2v) is 3.52. The maximum absolute atomic E-state index is 10.5. The molecule has 0 radical (unpaired) electrons. The van der Waals surface area contributed by atoms with Crippen LogP contribution >= 0.6 is 0 Å². The smallest absolute Gasteiger partial charge is 0.239 e. The van der Waals surface area contributed by atoms with Crippen LogP contribution in [0, 0.1) is 0 Å². The molecule has 5 nitrogen and oxygen atoms in total. The van der Waals surface area contributed by atoms with Crippen LogP contribution < -0.4 is 5.73 Å². The molecular weight excluding hydrogens is 192 g/mol. The molecule has 1 unspecified atom stereocenters. The van der Waals surface area contributed by atoms with E-state index in [2.05, 4.69) is 9.98 Å². The van der Waals surface area contributed by atoms with Gasteiger partial charge in [-0.25, -0.2) is 0 Å². The molecule has 0 aromatic rings. The van der Waals surface area contributed by atoms with Crippen molar-refractivity contribution in [2.75, 3.05) is 6.54 Å². The van der Waals surface area contributed by atoms with Crippen LogP contribution in [-0.2, 0) is 4.79 Å². The van der Waals surface area contributed by atoms with Crippen molar-refractivity contribution in [1.82, 2.24) is 4.90 Å². The molecule has 0 fully saturated rings. The summed E-state index contributed by atoms with van der Waals surface area (Å²) in [6.07, 6.45) is 3.60. The number of rotatable bonds is 3. The molecule has 2 N–H and O–H groups in total. The van der Waals surface area contributed by atoms with Crippen molar-refractivity contribution in [2.45, 2.75) is 26.9 Å². The molecular formula is C10H16N4O. The molecule has 0 bridgehead atoms. The lowest BCUT2D eigenvalue weighted by Crippen LogP contribution is -2.32. The maximum atomic E-state index is 10.5. The molecule has 1 heterocycles. The number of aliphatic imine (C=N–C) groups is 2. The third-order valence-corrected chi connectivity index (χ3v) is 2.07. The van der Waals surface area contributed by atoms with Gasteiger partial charge >= 0.3 is 0 Å². The second kappa shape index (κ2) is 4.72. The summed E-state index contributed by atoms with van der Waals surface area (Å²) in [7, 11) is 0. The Kier molecular flexibility index (Phi) is 3.60. The SMILES string of the molecule is CC1=CC(C)=NC(C)N1C=NCC(N)=O. The highest BCUT2D eigenvalue weighted by atomic mass is 16.1. The molecule has 0 saturated carbocycles. The molecule has 0 spiro atoms. The van der Waals surface area contributed by atoms with Crippen LogP contribution in [0.3, 0.4) is 0 Å². The van der Waals surface area contributed by atoms with E-state index in [1.54, 1.807) is 6.34 Å². The number of hydrogen-bond acceptors (Lipinski definition) is 3. The van der Waals surface area contributed by atoms with Gasteiger partial charge in [0.25, 0.3) is 0 Å². The molecule has 1 amide bonds. The topological polar surface area (TPSA) is 71.1 Å². The van der Waals surface area contributed by atoms with Crippen LogP contribution in [-0.4, -0.2) is 35.6 Å². The lowest BCUT2D eigenvalue weighted by atomic mass is 10.2. The van der Waals surface area contributed by atoms with Gasteiger partial charge in [-0.15, -0.1) is 0 Å². The van der Waals surface area contributed by atoms with Crippen LogP contribution in [0.2, 0.25) is 0 Å². The molecule has 5 heteroatoms. The first-order valence-electron chi connectivity index (χ1n) is 4.80. The average Bonchev–Trinajstić information content (AvgIpc) is 2.08. The lowest BCUT2D eigenvalue weighted by molar-refractivity contribution is -0.116. The van der Waals surface area contributed by atoms with E-state index >= 15 is 0 Å². The van der Waals surface area contributed by atoms with Crippen molar-refractivity contribution in [2.24, 2.45) is 15.7 Å². The third kappa shape index (κ3) is 3.19. The Labute approximate surface area is 89.4 Å². The van der Waals surface area contributed by atoms with E-state index in [-0.39, 0.29) is 12.7 Å². The monoisotopic (exact) mass is 208 g/mol. The zero-order valence-electron chi connectivity index (χ0n) is 9.27. The highest BCUT2D eigenvalue weighted by Crippen LogP contribution is 2.13. The number of nitrogens with two attached hydrogens (primary N) is 1. The van der Waals surface area contributed by atoms with Crippen molar-refractivity contribution in [3.05, 3.63) is 11.8 Å². The van der Waals surface area contributed by atoms with Gasteiger partial charge in [-0.2, -0.15) is 0 Å². The van der Waals surface area contributed by atoms with Crippen LogP contribution in [0.4, 0.5) is 0 Å². The summed E-state index contributed by atoms with van der Waals surface area (Å²) in [4.78, 5) is 20.7. The summed E-state index contributed by atoms with van der Waals surface area (Å²) in [6, 6.07) is 0. The average molecular weight is 208 g/mol. The quantitative estimate of drug-likeness (QED) is 0.542. The molecule has 0 aromatic carbocycles. The third-order valence-electron chi connectivity index (χ3n) is 2.07. The first kappa shape index (κ1) is 11.4. The Bertz CT molecular complexity index is 343. The number of carbonyl (C=O) groups is 1. The molecule has 0 saturated heterocycles. The van der Waals surface area contributed by atoms with Crippen molar-refractivity contribution in [3.8, 4) is 0 Å². The van der Waals surface area contributed by atoms with Crippen LogP contribution in [0.1, 0.15) is 20.8 Å². The fourth-order valence-corrected chi connectivity index (χ4v) is 1.47. The van der Waals surface area contributed by atoms with Crippen molar-refractivity contribution in [3.63, 3.8) is 0 Å². The highest BCUT2D eigenvalue weighted by molar-refractivity contribution is 5.94. The Morgan fingerprint density at radius 2 is 2.40 bits per heavy atom. The summed E-state index contributed by atoms with van der Waals surface area (Å²) < 4.78 is 0. The number of hydrogen-bond donors (Lipinski definition) is 1. The standard InChI is InChI=1S/C10H16N4O/c1-7-4-8(2)14(9(3)13-7)6-12-5-10(11)15/h4,6,9H,5H2,1-3H3,(H2,11,15). The summed E-state index contributed by atoms with van der Waals surface area (Å²) in [5.74, 6) is -0.433. The minimum atomic E-state index is -0.433. The molecule has 1 aliphatic rings. The van der Waals surface area contributed by atoms with Crippen molar-refractivity contribution < 1.29 is 4.79 Å². The second-order valence-electron chi connectivity index (χ2n) is 3.52. The molecule has 0 aromatic heterocycles. The fraction of sp³-hybridized carbons (Fsp3) is 0.500. The Balaban J connectivity index is 2.68. The van der Waals surface area contributed by atoms with Gasteiger partial charge in [0, 0.05) is 11.4 Å². The minimum Gasteiger partial charge on any atom is -0.368 e. The Hall–Kier alpha value is -1.65. The highest BCUT2D eigenvalue weighted by Gasteiger charge is 2.15. The molecule has 1 atom stereocenters. The van der Waals surface area contributed by atoms with E-state index in [0.717, 1.165) is 11.4 Å². The Morgan fingerprint density at radius 3 is 2.93 bits per heavy atom. The van der Waals surface area contributed by atoms with E-state index < -0.39 is 5.91 Å². The predicted octanol–water partition coefficient (Wildman–Crippen LogP) is 0.526. The predicted molar refractivity (Wildman–Crippen MR) is 60.7 cm³/mol. The van der Waals surface area contributed by atoms with E-state index in [4.69, 9.17) is 5.73 Å². The molecule has 82 valence electrons. The van der Waals surface area contributed by atoms with Gasteiger partial charge in [0.05, 0.1) is 6.34 Å². The number of allylic oxidation sites excluding steroid dienone is 2. The molecule has 0 aliphatic carbocycles. The van der Waals surface area contributed by atoms with Gasteiger partial charge in [-0.3, -0.25) is 14.8 Å². The van der Waals surface area contributed by atoms with E-state index in [1.165, 1.54) is 0 Å². The van der Waals surface area contributed by atoms with Gasteiger partial charge in [-0.1, -0.05) is 0 Å². The van der Waals surface area contributed by atoms with Crippen LogP contribution in [0.25, 0.3) is 0 Å². The van der Waals surface area contributed by atoms with Crippen molar-refractivity contribution in [1.29, 1.82) is 0 Å². The number of nitrogens with zero attached hydrogens (tertiary/aromatic N) is 3. The minimum absolute atomic E-state index is 0.0131. The van der Waals surface area contributed by atoms with Gasteiger partial charge in [0.15, 0.2) is 0 Å². The summed E-state index contributed by atoms with van der Waals surface area (Å²) >= 11 is 0. The van der Waals surface area contributed by atoms with E-state index in [0.29, 0.717) is 0 Å². The summed E-state index contributed by atoms with van der Waals surface area (Å²) in [6.45, 7) is 5.92.